The summed E-state index contributed by atoms with van der Waals surface area (Å²) in [5.41, 5.74) is 13.5. The van der Waals surface area contributed by atoms with Gasteiger partial charge in [0.1, 0.15) is 17.7 Å². The van der Waals surface area contributed by atoms with Crippen LogP contribution in [-0.4, -0.2) is 40.9 Å². The molecule has 7 nitrogen and oxygen atoms in total. The zero-order valence-electron chi connectivity index (χ0n) is 25.9. The van der Waals surface area contributed by atoms with Crippen molar-refractivity contribution in [3.05, 3.63) is 161 Å². The van der Waals surface area contributed by atoms with E-state index in [1.54, 1.807) is 18.0 Å². The van der Waals surface area contributed by atoms with E-state index in [2.05, 4.69) is 74.6 Å². The number of hydrogen-bond donors (Lipinski definition) is 2. The lowest BCUT2D eigenvalue weighted by molar-refractivity contribution is 0.0999. The number of oxime groups is 1. The number of primary amides is 1. The summed E-state index contributed by atoms with van der Waals surface area (Å²) in [6.07, 6.45) is 8.64. The van der Waals surface area contributed by atoms with Gasteiger partial charge in [0.15, 0.2) is 0 Å². The number of nitrogens with one attached hydrogen (secondary N) is 1. The molecular weight excluding hydrogens is 649 g/mol. The fraction of sp³-hybridized carbons (Fsp3) is 0.216. The van der Waals surface area contributed by atoms with Crippen LogP contribution < -0.4 is 11.1 Å². The first-order valence-electron chi connectivity index (χ1n) is 15.4. The van der Waals surface area contributed by atoms with E-state index in [-0.39, 0.29) is 35.4 Å². The van der Waals surface area contributed by atoms with Crippen LogP contribution in [0.1, 0.15) is 67.3 Å². The van der Waals surface area contributed by atoms with Gasteiger partial charge in [-0.05, 0) is 61.7 Å². The number of nitrogens with two attached hydrogens (primary N) is 1. The van der Waals surface area contributed by atoms with Gasteiger partial charge in [0, 0.05) is 41.0 Å². The first-order valence-corrected chi connectivity index (χ1v) is 16.3. The summed E-state index contributed by atoms with van der Waals surface area (Å²) in [6, 6.07) is 34.8. The van der Waals surface area contributed by atoms with Crippen molar-refractivity contribution >= 4 is 48.2 Å². The standard InChI is InChI=1S/C37H37N5O2S.2ClH/c38-36(43)32-19-23-42-34(32)35(45-37(42)31-18-9-21-40-26-31)30-17-7-16-29(25-30)33(28-14-5-2-6-15-28)41-44-24-10-22-39-20-8-13-27-11-3-1-4-12-27;;/h1-7,9,11-12,14-19,21,23,25-26,35,37,39H,8,10,13,20,22,24H2,(H2,38,43);2*1H. The number of aryl methyl sites for hydroxylation is 1. The Kier molecular flexibility index (Phi) is 13.5. The first-order chi connectivity index (χ1) is 22.2. The van der Waals surface area contributed by atoms with Gasteiger partial charge in [-0.3, -0.25) is 9.78 Å². The van der Waals surface area contributed by atoms with Crippen molar-refractivity contribution in [3.8, 4) is 0 Å². The Labute approximate surface area is 292 Å². The van der Waals surface area contributed by atoms with E-state index in [4.69, 9.17) is 10.6 Å². The van der Waals surface area contributed by atoms with Crippen LogP contribution in [0, 0.1) is 0 Å². The van der Waals surface area contributed by atoms with Gasteiger partial charge in [0.05, 0.1) is 10.8 Å². The predicted molar refractivity (Wildman–Crippen MR) is 196 cm³/mol. The van der Waals surface area contributed by atoms with Gasteiger partial charge in [0.2, 0.25) is 0 Å². The number of aromatic nitrogens is 2. The van der Waals surface area contributed by atoms with Crippen LogP contribution in [0.25, 0.3) is 0 Å². The Hall–Kier alpha value is -4.08. The molecule has 6 rings (SSSR count). The molecule has 3 N–H and O–H groups in total. The molecule has 0 spiro atoms. The molecule has 2 unspecified atom stereocenters. The number of rotatable bonds is 14. The average molecular weight is 689 g/mol. The number of carbonyl (C=O) groups is 1. The Bertz CT molecular complexity index is 1740. The smallest absolute Gasteiger partial charge is 0.250 e. The molecule has 0 fully saturated rings. The van der Waals surface area contributed by atoms with E-state index in [1.807, 2.05) is 60.9 Å². The maximum absolute atomic E-state index is 12.5. The molecule has 2 aromatic heterocycles. The summed E-state index contributed by atoms with van der Waals surface area (Å²) in [7, 11) is 0. The predicted octanol–water partition coefficient (Wildman–Crippen LogP) is 7.59. The summed E-state index contributed by atoms with van der Waals surface area (Å²) in [5.74, 6) is -0.428. The van der Waals surface area contributed by atoms with Gasteiger partial charge in [-0.2, -0.15) is 0 Å². The van der Waals surface area contributed by atoms with E-state index >= 15 is 0 Å². The number of amides is 1. The summed E-state index contributed by atoms with van der Waals surface area (Å²) in [4.78, 5) is 22.7. The number of carbonyl (C=O) groups excluding carboxylic acids is 1. The SMILES string of the molecule is Cl.Cl.NC(=O)c1ccn2c1C(c1cccc(C(=NOCCCNCCCc3ccccc3)c3ccccc3)c1)SC2c1cccnc1. The Morgan fingerprint density at radius 1 is 0.872 bits per heavy atom. The molecule has 2 atom stereocenters. The first kappa shape index (κ1) is 35.8. The molecule has 3 aromatic carbocycles. The van der Waals surface area contributed by atoms with Crippen molar-refractivity contribution in [1.29, 1.82) is 0 Å². The monoisotopic (exact) mass is 687 g/mol. The third kappa shape index (κ3) is 8.84. The van der Waals surface area contributed by atoms with Gasteiger partial charge in [-0.15, -0.1) is 36.6 Å². The minimum Gasteiger partial charge on any atom is -0.395 e. The quantitative estimate of drug-likeness (QED) is 0.0713. The lowest BCUT2D eigenvalue weighted by Gasteiger charge is -2.15. The van der Waals surface area contributed by atoms with Crippen molar-refractivity contribution < 1.29 is 9.63 Å². The van der Waals surface area contributed by atoms with Gasteiger partial charge >= 0.3 is 0 Å². The highest BCUT2D eigenvalue weighted by Crippen LogP contribution is 2.53. The van der Waals surface area contributed by atoms with Crippen LogP contribution in [0.15, 0.2) is 127 Å². The van der Waals surface area contributed by atoms with Crippen molar-refractivity contribution in [3.63, 3.8) is 0 Å². The molecule has 0 saturated carbocycles. The minimum atomic E-state index is -0.428. The largest absolute Gasteiger partial charge is 0.395 e. The van der Waals surface area contributed by atoms with Crippen LogP contribution >= 0.6 is 36.6 Å². The number of benzene rings is 3. The van der Waals surface area contributed by atoms with E-state index in [0.29, 0.717) is 12.2 Å². The van der Waals surface area contributed by atoms with Gasteiger partial charge in [-0.1, -0.05) is 90.1 Å². The Balaban J connectivity index is 0.00000250. The molecule has 1 aliphatic heterocycles. The summed E-state index contributed by atoms with van der Waals surface area (Å²) in [6.45, 7) is 2.36. The zero-order valence-corrected chi connectivity index (χ0v) is 28.4. The molecule has 0 aliphatic carbocycles. The molecule has 244 valence electrons. The number of halogens is 2. The molecule has 1 aliphatic rings. The van der Waals surface area contributed by atoms with Crippen molar-refractivity contribution in [1.82, 2.24) is 14.9 Å². The van der Waals surface area contributed by atoms with E-state index in [0.717, 1.165) is 66.0 Å². The van der Waals surface area contributed by atoms with Crippen LogP contribution in [0.4, 0.5) is 0 Å². The van der Waals surface area contributed by atoms with E-state index in [9.17, 15) is 4.79 Å². The van der Waals surface area contributed by atoms with Gasteiger partial charge in [0.25, 0.3) is 5.91 Å². The van der Waals surface area contributed by atoms with Crippen molar-refractivity contribution in [2.24, 2.45) is 10.9 Å². The van der Waals surface area contributed by atoms with E-state index in [1.165, 1.54) is 5.56 Å². The van der Waals surface area contributed by atoms with E-state index < -0.39 is 5.91 Å². The highest BCUT2D eigenvalue weighted by Gasteiger charge is 2.37. The second-order valence-electron chi connectivity index (χ2n) is 11.0. The average Bonchev–Trinajstić information content (AvgIpc) is 3.68. The molecule has 0 radical (unpaired) electrons. The van der Waals surface area contributed by atoms with Crippen molar-refractivity contribution in [2.45, 2.75) is 29.9 Å². The molecule has 10 heteroatoms. The third-order valence-corrected chi connectivity index (χ3v) is 9.40. The van der Waals surface area contributed by atoms with Crippen LogP contribution in [0.2, 0.25) is 0 Å². The molecular formula is C37H39Cl2N5O2S. The number of fused-ring (bicyclic) bond motifs is 1. The third-order valence-electron chi connectivity index (χ3n) is 7.87. The second kappa shape index (κ2) is 17.7. The number of thioether (sulfide) groups is 1. The fourth-order valence-corrected chi connectivity index (χ4v) is 7.23. The molecule has 0 saturated heterocycles. The Morgan fingerprint density at radius 3 is 2.34 bits per heavy atom. The molecule has 47 heavy (non-hydrogen) atoms. The highest BCUT2D eigenvalue weighted by atomic mass is 35.5. The maximum atomic E-state index is 12.5. The zero-order chi connectivity index (χ0) is 30.8. The topological polar surface area (TPSA) is 94.5 Å². The lowest BCUT2D eigenvalue weighted by Crippen LogP contribution is -2.18. The van der Waals surface area contributed by atoms with Crippen molar-refractivity contribution in [2.75, 3.05) is 19.7 Å². The van der Waals surface area contributed by atoms with Crippen LogP contribution in [0.5, 0.6) is 0 Å². The maximum Gasteiger partial charge on any atom is 0.250 e. The van der Waals surface area contributed by atoms with Gasteiger partial charge in [-0.25, -0.2) is 0 Å². The summed E-state index contributed by atoms with van der Waals surface area (Å²) >= 11 is 1.77. The molecule has 0 bridgehead atoms. The minimum absolute atomic E-state index is 0. The highest BCUT2D eigenvalue weighted by molar-refractivity contribution is 8.00. The molecule has 1 amide bonds. The summed E-state index contributed by atoms with van der Waals surface area (Å²) < 4.78 is 2.14. The number of nitrogens with zero attached hydrogens (tertiary/aromatic N) is 3. The normalized spacial score (nSPS) is 15.3. The van der Waals surface area contributed by atoms with Crippen LogP contribution in [-0.2, 0) is 11.3 Å². The van der Waals surface area contributed by atoms with Crippen LogP contribution in [0.3, 0.4) is 0 Å². The number of pyridine rings is 1. The lowest BCUT2D eigenvalue weighted by atomic mass is 9.98. The molecule has 3 heterocycles. The Morgan fingerprint density at radius 2 is 1.60 bits per heavy atom. The second-order valence-corrected chi connectivity index (χ2v) is 12.2. The molecule has 5 aromatic rings. The van der Waals surface area contributed by atoms with Gasteiger partial charge < -0.3 is 20.5 Å². The fourth-order valence-electron chi connectivity index (χ4n) is 5.68. The number of hydrogen-bond acceptors (Lipinski definition) is 6. The summed E-state index contributed by atoms with van der Waals surface area (Å²) in [5, 5.41) is 8.03.